The van der Waals surface area contributed by atoms with Crippen molar-refractivity contribution in [2.45, 2.75) is 25.3 Å². The zero-order valence-electron chi connectivity index (χ0n) is 7.99. The predicted molar refractivity (Wildman–Crippen MR) is 55.2 cm³/mol. The fourth-order valence-electron chi connectivity index (χ4n) is 1.85. The fraction of sp³-hybridized carbons (Fsp3) is 0.778. The maximum absolute atomic E-state index is 11.8. The van der Waals surface area contributed by atoms with Crippen LogP contribution in [0.15, 0.2) is 0 Å². The van der Waals surface area contributed by atoms with E-state index in [1.807, 2.05) is 4.90 Å². The van der Waals surface area contributed by atoms with E-state index in [-0.39, 0.29) is 17.2 Å². The number of nitrogens with one attached hydrogen (secondary N) is 1. The first-order valence-corrected chi connectivity index (χ1v) is 5.98. The summed E-state index contributed by atoms with van der Waals surface area (Å²) in [6, 6.07) is -0.273. The molecular formula is C9H14N2O2S. The number of rotatable bonds is 1. The molecule has 78 valence electrons. The largest absolute Gasteiger partial charge is 0.341 e. The first-order valence-electron chi connectivity index (χ1n) is 4.99. The number of hydrogen-bond donors (Lipinski definition) is 1. The maximum Gasteiger partial charge on any atom is 0.279 e. The molecule has 5 heteroatoms. The van der Waals surface area contributed by atoms with E-state index in [4.69, 9.17) is 0 Å². The number of carbonyl (C=O) groups is 2. The highest BCUT2D eigenvalue weighted by molar-refractivity contribution is 8.14. The van der Waals surface area contributed by atoms with Crippen molar-refractivity contribution in [3.63, 3.8) is 0 Å². The third kappa shape index (κ3) is 2.03. The second-order valence-electron chi connectivity index (χ2n) is 3.68. The van der Waals surface area contributed by atoms with Crippen LogP contribution in [-0.4, -0.2) is 40.9 Å². The number of carbonyl (C=O) groups excluding carboxylic acids is 2. The molecule has 1 unspecified atom stereocenters. The molecule has 2 saturated heterocycles. The summed E-state index contributed by atoms with van der Waals surface area (Å²) in [5.74, 6) is 0.691. The molecule has 0 bridgehead atoms. The Kier molecular flexibility index (Phi) is 2.96. The molecule has 1 N–H and O–H groups in total. The number of thioether (sulfide) groups is 1. The Bertz CT molecular complexity index is 251. The lowest BCUT2D eigenvalue weighted by Crippen LogP contribution is -2.47. The highest BCUT2D eigenvalue weighted by atomic mass is 32.2. The molecule has 2 aliphatic heterocycles. The number of nitrogens with zero attached hydrogens (tertiary/aromatic N) is 1. The van der Waals surface area contributed by atoms with Gasteiger partial charge in [-0.3, -0.25) is 9.59 Å². The molecule has 4 nitrogen and oxygen atoms in total. The second-order valence-corrected chi connectivity index (χ2v) is 4.67. The van der Waals surface area contributed by atoms with Crippen molar-refractivity contribution in [2.75, 3.05) is 18.8 Å². The molecule has 0 radical (unpaired) electrons. The summed E-state index contributed by atoms with van der Waals surface area (Å²) in [7, 11) is 0. The molecule has 14 heavy (non-hydrogen) atoms. The SMILES string of the molecule is O=C1NC(C(=O)N2CCCCC2)CS1. The van der Waals surface area contributed by atoms with Crippen LogP contribution in [0.4, 0.5) is 4.79 Å². The van der Waals surface area contributed by atoms with Crippen LogP contribution in [0.2, 0.25) is 0 Å². The fourth-order valence-corrected chi connectivity index (χ4v) is 2.62. The Morgan fingerprint density at radius 3 is 2.64 bits per heavy atom. The Morgan fingerprint density at radius 1 is 1.36 bits per heavy atom. The molecule has 0 aromatic heterocycles. The van der Waals surface area contributed by atoms with Crippen LogP contribution in [0, 0.1) is 0 Å². The summed E-state index contributed by atoms with van der Waals surface area (Å²) < 4.78 is 0. The van der Waals surface area contributed by atoms with Gasteiger partial charge in [-0.25, -0.2) is 0 Å². The van der Waals surface area contributed by atoms with Crippen LogP contribution < -0.4 is 5.32 Å². The van der Waals surface area contributed by atoms with Crippen molar-refractivity contribution in [3.8, 4) is 0 Å². The van der Waals surface area contributed by atoms with Gasteiger partial charge in [0.15, 0.2) is 0 Å². The van der Waals surface area contributed by atoms with Crippen LogP contribution in [0.1, 0.15) is 19.3 Å². The Labute approximate surface area is 87.4 Å². The average molecular weight is 214 g/mol. The van der Waals surface area contributed by atoms with E-state index in [2.05, 4.69) is 5.32 Å². The number of likely N-dealkylation sites (tertiary alicyclic amines) is 1. The van der Waals surface area contributed by atoms with Crippen LogP contribution >= 0.6 is 11.8 Å². The highest BCUT2D eigenvalue weighted by Crippen LogP contribution is 2.17. The van der Waals surface area contributed by atoms with Gasteiger partial charge < -0.3 is 10.2 Å². The average Bonchev–Trinajstić information content (AvgIpc) is 2.65. The minimum absolute atomic E-state index is 0.0691. The molecule has 1 atom stereocenters. The highest BCUT2D eigenvalue weighted by Gasteiger charge is 2.31. The zero-order valence-corrected chi connectivity index (χ0v) is 8.81. The van der Waals surface area contributed by atoms with Gasteiger partial charge in [-0.2, -0.15) is 0 Å². The molecule has 0 spiro atoms. The molecule has 0 aliphatic carbocycles. The van der Waals surface area contributed by atoms with Gasteiger partial charge in [-0.05, 0) is 19.3 Å². The third-order valence-electron chi connectivity index (χ3n) is 2.64. The standard InChI is InChI=1S/C9H14N2O2S/c12-8(7-6-14-9(13)10-7)11-4-2-1-3-5-11/h7H,1-6H2,(H,10,13). The van der Waals surface area contributed by atoms with Gasteiger partial charge in [0, 0.05) is 18.8 Å². The molecule has 2 aliphatic rings. The summed E-state index contributed by atoms with van der Waals surface area (Å²) in [5, 5.41) is 2.61. The molecule has 2 fully saturated rings. The molecular weight excluding hydrogens is 200 g/mol. The summed E-state index contributed by atoms with van der Waals surface area (Å²) >= 11 is 1.20. The van der Waals surface area contributed by atoms with E-state index < -0.39 is 0 Å². The van der Waals surface area contributed by atoms with Crippen molar-refractivity contribution in [2.24, 2.45) is 0 Å². The van der Waals surface area contributed by atoms with E-state index in [9.17, 15) is 9.59 Å². The quantitative estimate of drug-likeness (QED) is 0.703. The van der Waals surface area contributed by atoms with Gasteiger partial charge in [0.05, 0.1) is 0 Å². The number of piperidine rings is 1. The van der Waals surface area contributed by atoms with Crippen molar-refractivity contribution in [1.82, 2.24) is 10.2 Å². The first kappa shape index (κ1) is 9.83. The summed E-state index contributed by atoms with van der Waals surface area (Å²) in [6.07, 6.45) is 3.41. The minimum atomic E-state index is -0.273. The van der Waals surface area contributed by atoms with Crippen molar-refractivity contribution in [3.05, 3.63) is 0 Å². The summed E-state index contributed by atoms with van der Waals surface area (Å²) in [4.78, 5) is 24.6. The van der Waals surface area contributed by atoms with E-state index in [0.717, 1.165) is 25.9 Å². The van der Waals surface area contributed by atoms with Crippen LogP contribution in [0.25, 0.3) is 0 Å². The summed E-state index contributed by atoms with van der Waals surface area (Å²) in [5.41, 5.74) is 0. The second kappa shape index (κ2) is 4.21. The Hall–Kier alpha value is -0.710. The van der Waals surface area contributed by atoms with Crippen LogP contribution in [0.3, 0.4) is 0 Å². The number of amides is 2. The van der Waals surface area contributed by atoms with Gasteiger partial charge >= 0.3 is 0 Å². The minimum Gasteiger partial charge on any atom is -0.341 e. The number of hydrogen-bond acceptors (Lipinski definition) is 3. The molecule has 0 saturated carbocycles. The van der Waals surface area contributed by atoms with Gasteiger partial charge in [0.2, 0.25) is 5.91 Å². The van der Waals surface area contributed by atoms with Crippen molar-refractivity contribution < 1.29 is 9.59 Å². The Balaban J connectivity index is 1.90. The van der Waals surface area contributed by atoms with Gasteiger partial charge in [-0.1, -0.05) is 11.8 Å². The van der Waals surface area contributed by atoms with Crippen LogP contribution in [-0.2, 0) is 4.79 Å². The van der Waals surface area contributed by atoms with E-state index in [1.165, 1.54) is 18.2 Å². The normalized spacial score (nSPS) is 27.6. The van der Waals surface area contributed by atoms with Gasteiger partial charge in [0.1, 0.15) is 6.04 Å². The van der Waals surface area contributed by atoms with Gasteiger partial charge in [0.25, 0.3) is 5.24 Å². The lowest BCUT2D eigenvalue weighted by atomic mass is 10.1. The van der Waals surface area contributed by atoms with Crippen LogP contribution in [0.5, 0.6) is 0 Å². The first-order chi connectivity index (χ1) is 6.77. The molecule has 2 rings (SSSR count). The smallest absolute Gasteiger partial charge is 0.279 e. The van der Waals surface area contributed by atoms with E-state index in [0.29, 0.717) is 5.75 Å². The van der Waals surface area contributed by atoms with Crippen molar-refractivity contribution in [1.29, 1.82) is 0 Å². The predicted octanol–water partition coefficient (Wildman–Crippen LogP) is 0.824. The van der Waals surface area contributed by atoms with Gasteiger partial charge in [-0.15, -0.1) is 0 Å². The lowest BCUT2D eigenvalue weighted by molar-refractivity contribution is -0.133. The monoisotopic (exact) mass is 214 g/mol. The Morgan fingerprint density at radius 2 is 2.07 bits per heavy atom. The van der Waals surface area contributed by atoms with E-state index >= 15 is 0 Å². The molecule has 2 amide bonds. The van der Waals surface area contributed by atoms with Crippen molar-refractivity contribution >= 4 is 22.9 Å². The molecule has 0 aromatic rings. The third-order valence-corrected chi connectivity index (χ3v) is 3.52. The maximum atomic E-state index is 11.8. The zero-order chi connectivity index (χ0) is 9.97. The topological polar surface area (TPSA) is 49.4 Å². The molecule has 2 heterocycles. The summed E-state index contributed by atoms with van der Waals surface area (Å²) in [6.45, 7) is 1.71. The molecule has 0 aromatic carbocycles. The van der Waals surface area contributed by atoms with E-state index in [1.54, 1.807) is 0 Å². The lowest BCUT2D eigenvalue weighted by Gasteiger charge is -2.28.